The second kappa shape index (κ2) is 8.07. The third kappa shape index (κ3) is 3.65. The van der Waals surface area contributed by atoms with Gasteiger partial charge in [-0.1, -0.05) is 42.1 Å². The Morgan fingerprint density at radius 2 is 1.94 bits per heavy atom. The van der Waals surface area contributed by atoms with Crippen molar-refractivity contribution in [1.82, 2.24) is 9.55 Å². The van der Waals surface area contributed by atoms with Crippen molar-refractivity contribution in [2.45, 2.75) is 31.1 Å². The largest absolute Gasteiger partial charge is 0.467 e. The Bertz CT molecular complexity index is 1310. The molecule has 1 amide bonds. The van der Waals surface area contributed by atoms with Crippen LogP contribution in [0.5, 0.6) is 0 Å². The molecule has 31 heavy (non-hydrogen) atoms. The fourth-order valence-electron chi connectivity index (χ4n) is 4.10. The van der Waals surface area contributed by atoms with Crippen LogP contribution in [-0.2, 0) is 17.8 Å². The quantitative estimate of drug-likeness (QED) is 0.351. The Morgan fingerprint density at radius 1 is 1.13 bits per heavy atom. The summed E-state index contributed by atoms with van der Waals surface area (Å²) in [6.45, 7) is 2.33. The number of nitrogens with zero attached hydrogens (tertiary/aromatic N) is 3. The van der Waals surface area contributed by atoms with Gasteiger partial charge >= 0.3 is 0 Å². The van der Waals surface area contributed by atoms with E-state index < -0.39 is 0 Å². The third-order valence-corrected chi connectivity index (χ3v) is 6.48. The summed E-state index contributed by atoms with van der Waals surface area (Å²) >= 11 is 1.29. The molecule has 0 radical (unpaired) electrons. The number of para-hydroxylation sites is 2. The van der Waals surface area contributed by atoms with E-state index in [0.29, 0.717) is 21.8 Å². The van der Waals surface area contributed by atoms with Gasteiger partial charge in [-0.3, -0.25) is 14.2 Å². The lowest BCUT2D eigenvalue weighted by Crippen LogP contribution is -2.37. The van der Waals surface area contributed by atoms with Crippen LogP contribution in [0.15, 0.2) is 81.3 Å². The highest BCUT2D eigenvalue weighted by Gasteiger charge is 2.30. The van der Waals surface area contributed by atoms with Crippen LogP contribution in [-0.4, -0.2) is 27.3 Å². The van der Waals surface area contributed by atoms with Gasteiger partial charge in [0.15, 0.2) is 5.16 Å². The van der Waals surface area contributed by atoms with Crippen LogP contribution in [0.3, 0.4) is 0 Å². The van der Waals surface area contributed by atoms with Gasteiger partial charge in [-0.2, -0.15) is 0 Å². The summed E-state index contributed by atoms with van der Waals surface area (Å²) in [7, 11) is 0. The molecule has 0 spiro atoms. The highest BCUT2D eigenvalue weighted by atomic mass is 32.2. The zero-order valence-electron chi connectivity index (χ0n) is 17.0. The first-order chi connectivity index (χ1) is 15.1. The van der Waals surface area contributed by atoms with Crippen LogP contribution in [0, 0.1) is 0 Å². The van der Waals surface area contributed by atoms with Crippen molar-refractivity contribution in [3.05, 3.63) is 88.6 Å². The molecule has 156 valence electrons. The fourth-order valence-corrected chi connectivity index (χ4v) is 4.95. The van der Waals surface area contributed by atoms with Crippen LogP contribution >= 0.6 is 11.8 Å². The van der Waals surface area contributed by atoms with Gasteiger partial charge in [0.1, 0.15) is 5.76 Å². The average molecular weight is 432 g/mol. The Kier molecular flexibility index (Phi) is 5.11. The van der Waals surface area contributed by atoms with Crippen molar-refractivity contribution in [3.63, 3.8) is 0 Å². The predicted octanol–water partition coefficient (Wildman–Crippen LogP) is 4.11. The highest BCUT2D eigenvalue weighted by molar-refractivity contribution is 7.99. The van der Waals surface area contributed by atoms with Crippen molar-refractivity contribution < 1.29 is 9.21 Å². The molecule has 2 aromatic carbocycles. The number of hydrogen-bond acceptors (Lipinski definition) is 5. The maximum atomic E-state index is 13.2. The average Bonchev–Trinajstić information content (AvgIpc) is 3.41. The molecule has 5 rings (SSSR count). The molecule has 7 heteroatoms. The minimum Gasteiger partial charge on any atom is -0.467 e. The van der Waals surface area contributed by atoms with E-state index in [2.05, 4.69) is 13.0 Å². The number of thioether (sulfide) groups is 1. The zero-order chi connectivity index (χ0) is 21.4. The van der Waals surface area contributed by atoms with Crippen molar-refractivity contribution in [1.29, 1.82) is 0 Å². The summed E-state index contributed by atoms with van der Waals surface area (Å²) < 4.78 is 7.03. The molecular weight excluding hydrogens is 410 g/mol. The summed E-state index contributed by atoms with van der Waals surface area (Å²) in [5.41, 5.74) is 2.64. The van der Waals surface area contributed by atoms with E-state index in [9.17, 15) is 9.59 Å². The Morgan fingerprint density at radius 3 is 2.77 bits per heavy atom. The van der Waals surface area contributed by atoms with Gasteiger partial charge < -0.3 is 9.32 Å². The molecule has 0 saturated heterocycles. The zero-order valence-corrected chi connectivity index (χ0v) is 17.8. The predicted molar refractivity (Wildman–Crippen MR) is 122 cm³/mol. The molecule has 0 saturated carbocycles. The first-order valence-electron chi connectivity index (χ1n) is 10.2. The van der Waals surface area contributed by atoms with Gasteiger partial charge in [0.25, 0.3) is 5.56 Å². The van der Waals surface area contributed by atoms with Crippen molar-refractivity contribution in [2.75, 3.05) is 10.7 Å². The van der Waals surface area contributed by atoms with Gasteiger partial charge in [0.05, 0.1) is 29.5 Å². The van der Waals surface area contributed by atoms with E-state index >= 15 is 0 Å². The highest BCUT2D eigenvalue weighted by Crippen LogP contribution is 2.32. The van der Waals surface area contributed by atoms with Gasteiger partial charge in [-0.15, -0.1) is 0 Å². The number of amides is 1. The number of carbonyl (C=O) groups is 1. The molecular formula is C24H21N3O3S. The van der Waals surface area contributed by atoms with E-state index in [0.717, 1.165) is 12.1 Å². The smallest absolute Gasteiger partial charge is 0.262 e. The molecule has 2 aromatic heterocycles. The van der Waals surface area contributed by atoms with Crippen LogP contribution in [0.25, 0.3) is 10.9 Å². The molecule has 1 aliphatic rings. The molecule has 0 fully saturated rings. The van der Waals surface area contributed by atoms with Gasteiger partial charge in [0.2, 0.25) is 5.91 Å². The van der Waals surface area contributed by atoms with Crippen molar-refractivity contribution >= 4 is 34.3 Å². The van der Waals surface area contributed by atoms with E-state index in [4.69, 9.17) is 9.40 Å². The SMILES string of the molecule is C[C@H]1Cc2ccccc2N1C(=O)CSc1nc2ccccc2c(=O)n1Cc1ccco1. The lowest BCUT2D eigenvalue weighted by atomic mass is 10.1. The molecule has 0 unspecified atom stereocenters. The van der Waals surface area contributed by atoms with E-state index in [1.165, 1.54) is 17.3 Å². The first kappa shape index (κ1) is 19.6. The summed E-state index contributed by atoms with van der Waals surface area (Å²) in [5, 5.41) is 1.06. The molecule has 1 aliphatic heterocycles. The molecule has 3 heterocycles. The topological polar surface area (TPSA) is 68.3 Å². The number of anilines is 1. The number of benzene rings is 2. The van der Waals surface area contributed by atoms with Gasteiger partial charge in [-0.05, 0) is 49.2 Å². The number of furan rings is 1. The van der Waals surface area contributed by atoms with E-state index in [1.807, 2.05) is 47.4 Å². The lowest BCUT2D eigenvalue weighted by Gasteiger charge is -2.22. The monoisotopic (exact) mass is 431 g/mol. The Hall–Kier alpha value is -3.32. The first-order valence-corrected chi connectivity index (χ1v) is 11.1. The normalized spacial score (nSPS) is 15.4. The summed E-state index contributed by atoms with van der Waals surface area (Å²) in [4.78, 5) is 32.9. The molecule has 4 aromatic rings. The molecule has 6 nitrogen and oxygen atoms in total. The van der Waals surface area contributed by atoms with Gasteiger partial charge in [-0.25, -0.2) is 4.98 Å². The minimum atomic E-state index is -0.142. The van der Waals surface area contributed by atoms with Crippen LogP contribution < -0.4 is 10.5 Å². The summed E-state index contributed by atoms with van der Waals surface area (Å²) in [6, 6.07) is 19.0. The maximum Gasteiger partial charge on any atom is 0.262 e. The number of hydrogen-bond donors (Lipinski definition) is 0. The summed E-state index contributed by atoms with van der Waals surface area (Å²) in [6.07, 6.45) is 2.43. The van der Waals surface area contributed by atoms with Crippen molar-refractivity contribution in [3.8, 4) is 0 Å². The lowest BCUT2D eigenvalue weighted by molar-refractivity contribution is -0.116. The summed E-state index contributed by atoms with van der Waals surface area (Å²) in [5.74, 6) is 0.866. The van der Waals surface area contributed by atoms with Gasteiger partial charge in [0, 0.05) is 11.7 Å². The number of aromatic nitrogens is 2. The minimum absolute atomic E-state index is 0.00871. The van der Waals surface area contributed by atoms with Crippen molar-refractivity contribution in [2.24, 2.45) is 0 Å². The molecule has 0 aliphatic carbocycles. The standard InChI is InChI=1S/C24H21N3O3S/c1-16-13-17-7-2-5-11-21(17)27(16)22(28)15-31-24-25-20-10-4-3-9-19(20)23(29)26(24)14-18-8-6-12-30-18/h2-12,16H,13-15H2,1H3/t16-/m0/s1. The fraction of sp³-hybridized carbons (Fsp3) is 0.208. The molecule has 0 bridgehead atoms. The number of carbonyl (C=O) groups excluding carboxylic acids is 1. The second-order valence-corrected chi connectivity index (χ2v) is 8.56. The molecule has 0 N–H and O–H groups in total. The maximum absolute atomic E-state index is 13.2. The molecule has 1 atom stereocenters. The van der Waals surface area contributed by atoms with Crippen LogP contribution in [0.2, 0.25) is 0 Å². The van der Waals surface area contributed by atoms with Crippen LogP contribution in [0.1, 0.15) is 18.2 Å². The second-order valence-electron chi connectivity index (χ2n) is 7.62. The van der Waals surface area contributed by atoms with Crippen LogP contribution in [0.4, 0.5) is 5.69 Å². The number of rotatable bonds is 5. The number of fused-ring (bicyclic) bond motifs is 2. The third-order valence-electron chi connectivity index (χ3n) is 5.52. The van der Waals surface area contributed by atoms with E-state index in [1.54, 1.807) is 23.0 Å². The Labute approximate surface area is 183 Å². The van der Waals surface area contributed by atoms with E-state index in [-0.39, 0.29) is 29.8 Å². The Balaban J connectivity index is 1.46.